The smallest absolute Gasteiger partial charge is 0.404 e. The highest BCUT2D eigenvalue weighted by molar-refractivity contribution is 6.83. The number of nitrogens with one attached hydrogen (secondary N) is 1. The second kappa shape index (κ2) is 5.71. The van der Waals surface area contributed by atoms with Crippen LogP contribution in [0, 0.1) is 11.5 Å². The van der Waals surface area contributed by atoms with Crippen molar-refractivity contribution in [2.24, 2.45) is 0 Å². The van der Waals surface area contributed by atoms with E-state index in [9.17, 15) is 4.79 Å². The van der Waals surface area contributed by atoms with Crippen LogP contribution < -0.4 is 5.32 Å². The summed E-state index contributed by atoms with van der Waals surface area (Å²) in [5, 5.41) is 11.0. The topological polar surface area (TPSA) is 49.3 Å². The van der Waals surface area contributed by atoms with Crippen molar-refractivity contribution in [1.29, 1.82) is 0 Å². The molecule has 0 fully saturated rings. The third kappa shape index (κ3) is 7.68. The Hall–Kier alpha value is -0.953. The highest BCUT2D eigenvalue weighted by Crippen LogP contribution is 1.99. The molecule has 2 N–H and O–H groups in total. The van der Waals surface area contributed by atoms with Crippen molar-refractivity contribution in [2.45, 2.75) is 45.4 Å². The molecular weight excluding hydrogens is 194 g/mol. The predicted octanol–water partition coefficient (Wildman–Crippen LogP) is 2.30. The van der Waals surface area contributed by atoms with Gasteiger partial charge in [0.1, 0.15) is 8.07 Å². The van der Waals surface area contributed by atoms with Crippen LogP contribution in [-0.2, 0) is 0 Å². The molecule has 0 saturated heterocycles. The van der Waals surface area contributed by atoms with E-state index >= 15 is 0 Å². The molecule has 0 rings (SSSR count). The molecule has 0 bridgehead atoms. The maximum absolute atomic E-state index is 10.4. The second-order valence-electron chi connectivity index (χ2n) is 4.31. The number of hydrogen-bond acceptors (Lipinski definition) is 1. The summed E-state index contributed by atoms with van der Waals surface area (Å²) in [6.07, 6.45) is 0.436. The van der Waals surface area contributed by atoms with Gasteiger partial charge in [-0.2, -0.15) is 0 Å². The molecule has 1 unspecified atom stereocenters. The zero-order valence-electron chi connectivity index (χ0n) is 9.35. The number of rotatable bonds is 3. The van der Waals surface area contributed by atoms with Crippen molar-refractivity contribution in [3.63, 3.8) is 0 Å². The zero-order chi connectivity index (χ0) is 11.2. The molecule has 3 nitrogen and oxygen atoms in total. The molecule has 1 amide bonds. The van der Waals surface area contributed by atoms with Gasteiger partial charge >= 0.3 is 6.09 Å². The Bertz CT molecular complexity index is 247. The first-order chi connectivity index (χ1) is 6.35. The lowest BCUT2D eigenvalue weighted by atomic mass is 10.2. The summed E-state index contributed by atoms with van der Waals surface area (Å²) in [5.41, 5.74) is 3.22. The van der Waals surface area contributed by atoms with E-state index in [4.69, 9.17) is 5.11 Å². The number of carbonyl (C=O) groups is 1. The normalized spacial score (nSPS) is 12.6. The van der Waals surface area contributed by atoms with Crippen LogP contribution in [0.1, 0.15) is 19.8 Å². The molecule has 1 atom stereocenters. The average Bonchev–Trinajstić information content (AvgIpc) is 1.99. The monoisotopic (exact) mass is 213 g/mol. The van der Waals surface area contributed by atoms with Gasteiger partial charge < -0.3 is 10.4 Å². The van der Waals surface area contributed by atoms with E-state index in [0.717, 1.165) is 6.42 Å². The van der Waals surface area contributed by atoms with Gasteiger partial charge in [-0.1, -0.05) is 26.6 Å². The fourth-order valence-corrected chi connectivity index (χ4v) is 1.54. The van der Waals surface area contributed by atoms with Crippen LogP contribution in [0.25, 0.3) is 0 Å². The van der Waals surface area contributed by atoms with Gasteiger partial charge in [-0.25, -0.2) is 4.79 Å². The molecule has 0 aromatic heterocycles. The van der Waals surface area contributed by atoms with E-state index in [2.05, 4.69) is 36.4 Å². The van der Waals surface area contributed by atoms with E-state index < -0.39 is 14.2 Å². The Balaban J connectivity index is 4.05. The lowest BCUT2D eigenvalue weighted by Crippen LogP contribution is -2.32. The maximum atomic E-state index is 10.4. The molecule has 0 radical (unpaired) electrons. The summed E-state index contributed by atoms with van der Waals surface area (Å²) in [5.74, 6) is 3.07. The quantitative estimate of drug-likeness (QED) is 0.558. The molecule has 0 aliphatic rings. The zero-order valence-corrected chi connectivity index (χ0v) is 10.3. The second-order valence-corrected chi connectivity index (χ2v) is 9.06. The van der Waals surface area contributed by atoms with Crippen LogP contribution in [0.4, 0.5) is 4.79 Å². The number of amides is 1. The SMILES string of the molecule is CCC(CC#C[Si](C)(C)C)NC(=O)O. The van der Waals surface area contributed by atoms with Crippen LogP contribution >= 0.6 is 0 Å². The van der Waals surface area contributed by atoms with E-state index in [-0.39, 0.29) is 6.04 Å². The van der Waals surface area contributed by atoms with Crippen molar-refractivity contribution in [1.82, 2.24) is 5.32 Å². The molecular formula is C10H19NO2Si. The van der Waals surface area contributed by atoms with Gasteiger partial charge in [-0.15, -0.1) is 11.5 Å². The lowest BCUT2D eigenvalue weighted by Gasteiger charge is -2.11. The Kier molecular flexibility index (Phi) is 5.32. The number of carboxylic acid groups (broad SMARTS) is 1. The molecule has 0 spiro atoms. The van der Waals surface area contributed by atoms with Gasteiger partial charge in [0.25, 0.3) is 0 Å². The first-order valence-corrected chi connectivity index (χ1v) is 8.34. The summed E-state index contributed by atoms with van der Waals surface area (Å²) in [6, 6.07) is -0.0312. The molecule has 80 valence electrons. The van der Waals surface area contributed by atoms with Crippen LogP contribution in [0.5, 0.6) is 0 Å². The van der Waals surface area contributed by atoms with Crippen molar-refractivity contribution in [3.8, 4) is 11.5 Å². The lowest BCUT2D eigenvalue weighted by molar-refractivity contribution is 0.189. The van der Waals surface area contributed by atoms with Crippen molar-refractivity contribution in [3.05, 3.63) is 0 Å². The van der Waals surface area contributed by atoms with E-state index in [1.54, 1.807) is 0 Å². The van der Waals surface area contributed by atoms with Gasteiger partial charge in [-0.05, 0) is 6.42 Å². The van der Waals surface area contributed by atoms with E-state index in [1.807, 2.05) is 6.92 Å². The Morgan fingerprint density at radius 2 is 2.07 bits per heavy atom. The number of hydrogen-bond donors (Lipinski definition) is 2. The largest absolute Gasteiger partial charge is 0.465 e. The minimum atomic E-state index is -1.31. The van der Waals surface area contributed by atoms with Gasteiger partial charge in [0.15, 0.2) is 0 Å². The maximum Gasteiger partial charge on any atom is 0.404 e. The summed E-state index contributed by atoms with van der Waals surface area (Å²) in [7, 11) is -1.31. The van der Waals surface area contributed by atoms with Crippen LogP contribution in [0.3, 0.4) is 0 Å². The Morgan fingerprint density at radius 3 is 2.43 bits per heavy atom. The average molecular weight is 213 g/mol. The predicted molar refractivity (Wildman–Crippen MR) is 61.0 cm³/mol. The van der Waals surface area contributed by atoms with Crippen LogP contribution in [0.2, 0.25) is 19.6 Å². The molecule has 0 heterocycles. The minimum Gasteiger partial charge on any atom is -0.465 e. The molecule has 14 heavy (non-hydrogen) atoms. The first kappa shape index (κ1) is 13.0. The van der Waals surface area contributed by atoms with Crippen LogP contribution in [0.15, 0.2) is 0 Å². The molecule has 0 aromatic rings. The summed E-state index contributed by atoms with van der Waals surface area (Å²) in [4.78, 5) is 10.4. The van der Waals surface area contributed by atoms with Crippen molar-refractivity contribution >= 4 is 14.2 Å². The minimum absolute atomic E-state index is 0.0312. The van der Waals surface area contributed by atoms with Gasteiger partial charge in [0.2, 0.25) is 0 Å². The van der Waals surface area contributed by atoms with Gasteiger partial charge in [0.05, 0.1) is 0 Å². The Labute approximate surface area is 86.9 Å². The fraction of sp³-hybridized carbons (Fsp3) is 0.700. The van der Waals surface area contributed by atoms with Crippen molar-refractivity contribution in [2.75, 3.05) is 0 Å². The van der Waals surface area contributed by atoms with Gasteiger partial charge in [0, 0.05) is 12.5 Å². The molecule has 0 saturated carbocycles. The molecule has 0 aromatic carbocycles. The summed E-state index contributed by atoms with van der Waals surface area (Å²) >= 11 is 0. The highest BCUT2D eigenvalue weighted by Gasteiger charge is 2.09. The van der Waals surface area contributed by atoms with E-state index in [0.29, 0.717) is 6.42 Å². The van der Waals surface area contributed by atoms with Crippen LogP contribution in [-0.4, -0.2) is 25.3 Å². The standard InChI is InChI=1S/C10H19NO2Si/c1-5-9(11-10(12)13)7-6-8-14(2,3)4/h9,11H,5,7H2,1-4H3,(H,12,13). The van der Waals surface area contributed by atoms with E-state index in [1.165, 1.54) is 0 Å². The first-order valence-electron chi connectivity index (χ1n) is 4.84. The highest BCUT2D eigenvalue weighted by atomic mass is 28.3. The molecule has 0 aliphatic carbocycles. The third-order valence-corrected chi connectivity index (χ3v) is 2.56. The molecule has 0 aliphatic heterocycles. The fourth-order valence-electron chi connectivity index (χ4n) is 0.911. The third-order valence-electron chi connectivity index (χ3n) is 1.63. The van der Waals surface area contributed by atoms with Gasteiger partial charge in [-0.3, -0.25) is 0 Å². The molecule has 4 heteroatoms. The summed E-state index contributed by atoms with van der Waals surface area (Å²) < 4.78 is 0. The van der Waals surface area contributed by atoms with Crippen molar-refractivity contribution < 1.29 is 9.90 Å². The Morgan fingerprint density at radius 1 is 1.50 bits per heavy atom. The summed E-state index contributed by atoms with van der Waals surface area (Å²) in [6.45, 7) is 8.47.